The molecule has 10 nitrogen and oxygen atoms in total. The molecule has 30 heavy (non-hydrogen) atoms. The van der Waals surface area contributed by atoms with E-state index in [0.717, 1.165) is 24.8 Å². The van der Waals surface area contributed by atoms with Crippen molar-refractivity contribution >= 4 is 18.1 Å². The van der Waals surface area contributed by atoms with Crippen molar-refractivity contribution in [2.45, 2.75) is 50.5 Å². The number of likely N-dealkylation sites (tertiary alicyclic amines) is 1. The van der Waals surface area contributed by atoms with Gasteiger partial charge in [-0.3, -0.25) is 4.79 Å². The van der Waals surface area contributed by atoms with E-state index in [1.807, 2.05) is 6.20 Å². The molecule has 0 atom stereocenters. The molecule has 0 aromatic carbocycles. The molecule has 2 aliphatic rings. The zero-order valence-electron chi connectivity index (χ0n) is 16.9. The molecule has 0 spiro atoms. The summed E-state index contributed by atoms with van der Waals surface area (Å²) in [6, 6.07) is 0.165. The van der Waals surface area contributed by atoms with Gasteiger partial charge in [-0.25, -0.2) is 14.8 Å². The molecule has 3 heterocycles. The van der Waals surface area contributed by atoms with Crippen molar-refractivity contribution in [1.82, 2.24) is 30.2 Å². The fraction of sp³-hybridized carbons (Fsp3) is 0.550. The number of carbonyl (C=O) groups is 1. The molecule has 0 unspecified atom stereocenters. The Kier molecular flexibility index (Phi) is 6.10. The molecule has 10 heteroatoms. The molecule has 2 fully saturated rings. The van der Waals surface area contributed by atoms with Crippen LogP contribution in [0.15, 0.2) is 17.3 Å². The highest BCUT2D eigenvalue weighted by Gasteiger charge is 2.34. The van der Waals surface area contributed by atoms with E-state index in [1.165, 1.54) is 19.3 Å². The number of aromatic nitrogens is 4. The molecule has 2 aromatic heterocycles. The molecule has 2 amide bonds. The Balaban J connectivity index is 1.34. The standard InChI is InChI=1S/C20H28N8O2/c21-8-16-18(25-14-4-2-1-3-5-14)26-17(27-19(16)29)13-10-28(11-13)20(30)23-7-6-15-9-22-12-24-15/h8-9,12-14,21H,1-7,10-11H2,(H,22,24)(H,23,30)(H2,25,26,27,29). The van der Waals surface area contributed by atoms with Gasteiger partial charge in [-0.1, -0.05) is 19.3 Å². The van der Waals surface area contributed by atoms with Gasteiger partial charge in [0.15, 0.2) is 0 Å². The number of imidazole rings is 1. The summed E-state index contributed by atoms with van der Waals surface area (Å²) in [7, 11) is 0. The molecule has 1 aliphatic carbocycles. The third-order valence-electron chi connectivity index (χ3n) is 5.83. The van der Waals surface area contributed by atoms with Crippen molar-refractivity contribution in [1.29, 1.82) is 5.41 Å². The second kappa shape index (κ2) is 9.10. The lowest BCUT2D eigenvalue weighted by molar-refractivity contribution is 0.148. The first kappa shape index (κ1) is 20.1. The van der Waals surface area contributed by atoms with E-state index in [0.29, 0.717) is 37.7 Å². The van der Waals surface area contributed by atoms with Crippen LogP contribution in [0, 0.1) is 5.41 Å². The Hall–Kier alpha value is -3.17. The van der Waals surface area contributed by atoms with Crippen molar-refractivity contribution in [3.63, 3.8) is 0 Å². The lowest BCUT2D eigenvalue weighted by atomic mass is 9.95. The van der Waals surface area contributed by atoms with Crippen molar-refractivity contribution in [2.24, 2.45) is 0 Å². The number of rotatable bonds is 7. The molecule has 1 saturated carbocycles. The number of carbonyl (C=O) groups excluding carboxylic acids is 1. The van der Waals surface area contributed by atoms with Crippen LogP contribution in [-0.2, 0) is 6.42 Å². The Bertz CT molecular complexity index is 927. The van der Waals surface area contributed by atoms with Crippen LogP contribution in [0.3, 0.4) is 0 Å². The van der Waals surface area contributed by atoms with E-state index in [-0.39, 0.29) is 29.1 Å². The summed E-state index contributed by atoms with van der Waals surface area (Å²) in [5, 5.41) is 13.9. The average Bonchev–Trinajstić information content (AvgIpc) is 3.21. The normalized spacial score (nSPS) is 17.4. The number of anilines is 1. The quantitative estimate of drug-likeness (QED) is 0.439. The zero-order chi connectivity index (χ0) is 20.9. The lowest BCUT2D eigenvalue weighted by Crippen LogP contribution is -2.53. The van der Waals surface area contributed by atoms with E-state index >= 15 is 0 Å². The summed E-state index contributed by atoms with van der Waals surface area (Å²) in [5.41, 5.74) is 0.856. The number of H-pyrrole nitrogens is 2. The van der Waals surface area contributed by atoms with Crippen LogP contribution < -0.4 is 16.2 Å². The molecule has 1 aliphatic heterocycles. The molecule has 0 radical (unpaired) electrons. The first-order valence-electron chi connectivity index (χ1n) is 10.6. The van der Waals surface area contributed by atoms with Crippen molar-refractivity contribution in [2.75, 3.05) is 25.0 Å². The van der Waals surface area contributed by atoms with Crippen molar-refractivity contribution < 1.29 is 4.79 Å². The van der Waals surface area contributed by atoms with Gasteiger partial charge in [0, 0.05) is 44.5 Å². The predicted octanol–water partition coefficient (Wildman–Crippen LogP) is 1.59. The predicted molar refractivity (Wildman–Crippen MR) is 113 cm³/mol. The van der Waals surface area contributed by atoms with Crippen LogP contribution >= 0.6 is 0 Å². The molecular weight excluding hydrogens is 384 g/mol. The molecule has 1 saturated heterocycles. The van der Waals surface area contributed by atoms with Crippen molar-refractivity contribution in [3.8, 4) is 0 Å². The second-order valence-electron chi connectivity index (χ2n) is 7.98. The topological polar surface area (TPSA) is 143 Å². The number of hydrogen-bond donors (Lipinski definition) is 5. The lowest BCUT2D eigenvalue weighted by Gasteiger charge is -2.38. The highest BCUT2D eigenvalue weighted by molar-refractivity contribution is 5.83. The van der Waals surface area contributed by atoms with Crippen LogP contribution in [0.2, 0.25) is 0 Å². The number of nitrogens with one attached hydrogen (secondary N) is 5. The Morgan fingerprint density at radius 1 is 1.30 bits per heavy atom. The van der Waals surface area contributed by atoms with E-state index < -0.39 is 0 Å². The number of amides is 2. The van der Waals surface area contributed by atoms with E-state index in [9.17, 15) is 9.59 Å². The maximum absolute atomic E-state index is 12.5. The summed E-state index contributed by atoms with van der Waals surface area (Å²) in [6.07, 6.45) is 10.8. The molecule has 5 N–H and O–H groups in total. The maximum Gasteiger partial charge on any atom is 0.317 e. The van der Waals surface area contributed by atoms with Gasteiger partial charge in [-0.2, -0.15) is 0 Å². The van der Waals surface area contributed by atoms with E-state index in [4.69, 9.17) is 5.41 Å². The zero-order valence-corrected chi connectivity index (χ0v) is 16.9. The van der Waals surface area contributed by atoms with Crippen LogP contribution in [0.25, 0.3) is 0 Å². The number of aromatic amines is 2. The molecule has 160 valence electrons. The fourth-order valence-electron chi connectivity index (χ4n) is 4.03. The largest absolute Gasteiger partial charge is 0.367 e. The minimum atomic E-state index is -0.310. The van der Waals surface area contributed by atoms with E-state index in [1.54, 1.807) is 11.2 Å². The van der Waals surface area contributed by atoms with E-state index in [2.05, 4.69) is 30.6 Å². The van der Waals surface area contributed by atoms with Gasteiger partial charge >= 0.3 is 6.03 Å². The van der Waals surface area contributed by atoms with Gasteiger partial charge in [-0.15, -0.1) is 0 Å². The minimum absolute atomic E-state index is 0.0125. The van der Waals surface area contributed by atoms with Crippen LogP contribution in [-0.4, -0.2) is 62.8 Å². The summed E-state index contributed by atoms with van der Waals surface area (Å²) < 4.78 is 0. The highest BCUT2D eigenvalue weighted by atomic mass is 16.2. The van der Waals surface area contributed by atoms with Gasteiger partial charge < -0.3 is 30.9 Å². The van der Waals surface area contributed by atoms with Crippen LogP contribution in [0.5, 0.6) is 0 Å². The van der Waals surface area contributed by atoms with Gasteiger partial charge in [0.25, 0.3) is 5.56 Å². The van der Waals surface area contributed by atoms with Gasteiger partial charge in [0.1, 0.15) is 11.6 Å². The second-order valence-corrected chi connectivity index (χ2v) is 7.98. The van der Waals surface area contributed by atoms with Gasteiger partial charge in [0.2, 0.25) is 0 Å². The SMILES string of the molecule is N=Cc1c(NC2CCCCC2)nc(C2CN(C(=O)NCCc3c[nH]cn3)C2)[nH]c1=O. The monoisotopic (exact) mass is 412 g/mol. The fourth-order valence-corrected chi connectivity index (χ4v) is 4.03. The molecular formula is C20H28N8O2. The first-order valence-corrected chi connectivity index (χ1v) is 10.6. The number of hydrogen-bond acceptors (Lipinski definition) is 6. The minimum Gasteiger partial charge on any atom is -0.367 e. The van der Waals surface area contributed by atoms with Crippen molar-refractivity contribution in [3.05, 3.63) is 40.0 Å². The third kappa shape index (κ3) is 4.52. The summed E-state index contributed by atoms with van der Waals surface area (Å²) in [5.74, 6) is 1.04. The maximum atomic E-state index is 12.5. The number of nitrogens with zero attached hydrogens (tertiary/aromatic N) is 3. The Labute approximate surface area is 174 Å². The van der Waals surface area contributed by atoms with Crippen LogP contribution in [0.4, 0.5) is 10.6 Å². The summed E-state index contributed by atoms with van der Waals surface area (Å²) in [6.45, 7) is 1.53. The molecule has 2 aromatic rings. The smallest absolute Gasteiger partial charge is 0.317 e. The highest BCUT2D eigenvalue weighted by Crippen LogP contribution is 2.26. The average molecular weight is 412 g/mol. The molecule has 0 bridgehead atoms. The summed E-state index contributed by atoms with van der Waals surface area (Å²) >= 11 is 0. The Morgan fingerprint density at radius 2 is 2.10 bits per heavy atom. The Morgan fingerprint density at radius 3 is 2.80 bits per heavy atom. The third-order valence-corrected chi connectivity index (χ3v) is 5.83. The first-order chi connectivity index (χ1) is 14.6. The number of urea groups is 1. The van der Waals surface area contributed by atoms with Gasteiger partial charge in [0.05, 0.1) is 23.5 Å². The van der Waals surface area contributed by atoms with Gasteiger partial charge in [-0.05, 0) is 12.8 Å². The summed E-state index contributed by atoms with van der Waals surface area (Å²) in [4.78, 5) is 40.9. The molecule has 4 rings (SSSR count). The van der Waals surface area contributed by atoms with Crippen LogP contribution in [0.1, 0.15) is 55.1 Å².